The normalized spacial score (nSPS) is 10.6. The van der Waals surface area contributed by atoms with Crippen LogP contribution in [0.1, 0.15) is 29.2 Å². The van der Waals surface area contributed by atoms with Crippen LogP contribution < -0.4 is 25.0 Å². The molecule has 0 saturated heterocycles. The average Bonchev–Trinajstić information content (AvgIpc) is 2.67. The first-order chi connectivity index (χ1) is 14.2. The number of methoxy groups -OCH3 is 2. The Balaban J connectivity index is 2.04. The molecule has 0 atom stereocenters. The molecule has 0 heterocycles. The summed E-state index contributed by atoms with van der Waals surface area (Å²) in [5.41, 5.74) is 7.35. The van der Waals surface area contributed by atoms with E-state index < -0.39 is 5.97 Å². The number of nitrogens with zero attached hydrogens (tertiary/aromatic N) is 1. The highest BCUT2D eigenvalue weighted by Gasteiger charge is 2.15. The smallest absolute Gasteiger partial charge is 0.308 e. The summed E-state index contributed by atoms with van der Waals surface area (Å²) in [7, 11) is 2.90. The van der Waals surface area contributed by atoms with E-state index in [2.05, 4.69) is 28.0 Å². The molecule has 0 bridgehead atoms. The van der Waals surface area contributed by atoms with E-state index in [0.29, 0.717) is 17.1 Å². The zero-order chi connectivity index (χ0) is 22.3. The lowest BCUT2D eigenvalue weighted by molar-refractivity contribution is -0.132. The topological polar surface area (TPSA) is 98.2 Å². The number of nitrogens with one attached hydrogen (secondary N) is 2. The zero-order valence-corrected chi connectivity index (χ0v) is 18.1. The minimum atomic E-state index is -0.494. The van der Waals surface area contributed by atoms with Gasteiger partial charge in [-0.1, -0.05) is 17.7 Å². The van der Waals surface area contributed by atoms with Gasteiger partial charge in [-0.2, -0.15) is 5.10 Å². The number of amides is 1. The molecule has 2 N–H and O–H groups in total. The zero-order valence-electron chi connectivity index (χ0n) is 18.1. The van der Waals surface area contributed by atoms with E-state index in [4.69, 9.17) is 14.2 Å². The molecule has 0 aliphatic rings. The highest BCUT2D eigenvalue weighted by molar-refractivity contribution is 5.86. The van der Waals surface area contributed by atoms with Gasteiger partial charge in [0.25, 0.3) is 5.91 Å². The van der Waals surface area contributed by atoms with E-state index in [1.54, 1.807) is 12.1 Å². The van der Waals surface area contributed by atoms with Crippen molar-refractivity contribution < 1.29 is 23.8 Å². The minimum Gasteiger partial charge on any atom is -0.493 e. The van der Waals surface area contributed by atoms with E-state index in [1.165, 1.54) is 32.9 Å². The first kappa shape index (κ1) is 22.7. The summed E-state index contributed by atoms with van der Waals surface area (Å²) >= 11 is 0. The third kappa shape index (κ3) is 5.97. The number of hydrazone groups is 1. The number of rotatable bonds is 8. The second-order valence-corrected chi connectivity index (χ2v) is 6.77. The monoisotopic (exact) mass is 413 g/mol. The Morgan fingerprint density at radius 3 is 2.07 bits per heavy atom. The van der Waals surface area contributed by atoms with Gasteiger partial charge in [-0.15, -0.1) is 0 Å². The molecule has 0 aliphatic carbocycles. The molecular formula is C22H27N3O5. The standard InChI is InChI=1S/C22H27N3O5/c1-13-7-14(2)21(15(3)8-13)23-12-20(27)25-24-11-17-9-18(28-5)22(30-16(4)26)19(10-17)29-6/h7-11,23H,12H2,1-6H3,(H,25,27)/b24-11-. The van der Waals surface area contributed by atoms with Gasteiger partial charge in [-0.3, -0.25) is 9.59 Å². The van der Waals surface area contributed by atoms with Crippen LogP contribution in [0.5, 0.6) is 17.2 Å². The molecule has 8 heteroatoms. The van der Waals surface area contributed by atoms with Crippen LogP contribution in [0.2, 0.25) is 0 Å². The summed E-state index contributed by atoms with van der Waals surface area (Å²) in [4.78, 5) is 23.4. The van der Waals surface area contributed by atoms with Crippen LogP contribution in [-0.2, 0) is 9.59 Å². The van der Waals surface area contributed by atoms with E-state index in [0.717, 1.165) is 16.8 Å². The predicted octanol–water partition coefficient (Wildman–Crippen LogP) is 3.12. The molecule has 0 spiro atoms. The van der Waals surface area contributed by atoms with Crippen molar-refractivity contribution in [1.29, 1.82) is 0 Å². The third-order valence-electron chi connectivity index (χ3n) is 4.23. The number of carbonyl (C=O) groups is 2. The summed E-state index contributed by atoms with van der Waals surface area (Å²) in [6.45, 7) is 7.41. The van der Waals surface area contributed by atoms with Gasteiger partial charge in [0.05, 0.1) is 27.0 Å². The predicted molar refractivity (Wildman–Crippen MR) is 116 cm³/mol. The molecule has 0 aromatic heterocycles. The van der Waals surface area contributed by atoms with Crippen molar-refractivity contribution in [3.05, 3.63) is 46.5 Å². The molecule has 0 saturated carbocycles. The molecule has 30 heavy (non-hydrogen) atoms. The number of ether oxygens (including phenoxy) is 3. The van der Waals surface area contributed by atoms with Gasteiger partial charge in [-0.05, 0) is 44.0 Å². The molecule has 8 nitrogen and oxygen atoms in total. The number of benzene rings is 2. The molecule has 160 valence electrons. The largest absolute Gasteiger partial charge is 0.493 e. The number of hydrogen-bond donors (Lipinski definition) is 2. The quantitative estimate of drug-likeness (QED) is 0.299. The maximum absolute atomic E-state index is 12.1. The van der Waals surface area contributed by atoms with E-state index in [1.807, 2.05) is 20.8 Å². The maximum atomic E-state index is 12.1. The first-order valence-electron chi connectivity index (χ1n) is 9.33. The van der Waals surface area contributed by atoms with Crippen LogP contribution in [0.25, 0.3) is 0 Å². The number of carbonyl (C=O) groups excluding carboxylic acids is 2. The summed E-state index contributed by atoms with van der Waals surface area (Å²) in [5.74, 6) is 0.0169. The van der Waals surface area contributed by atoms with Crippen molar-refractivity contribution in [1.82, 2.24) is 5.43 Å². The molecule has 1 amide bonds. The molecule has 2 aromatic carbocycles. The van der Waals surface area contributed by atoms with Crippen LogP contribution in [0.4, 0.5) is 5.69 Å². The molecule has 0 aliphatic heterocycles. The Morgan fingerprint density at radius 2 is 1.57 bits per heavy atom. The highest BCUT2D eigenvalue weighted by Crippen LogP contribution is 2.38. The fourth-order valence-corrected chi connectivity index (χ4v) is 3.06. The number of aryl methyl sites for hydroxylation is 3. The van der Waals surface area contributed by atoms with E-state index in [-0.39, 0.29) is 18.2 Å². The number of anilines is 1. The van der Waals surface area contributed by atoms with Crippen LogP contribution >= 0.6 is 0 Å². The molecule has 0 unspecified atom stereocenters. The van der Waals surface area contributed by atoms with Gasteiger partial charge in [0.1, 0.15) is 0 Å². The molecule has 2 rings (SSSR count). The Bertz CT molecular complexity index is 921. The Labute approximate surface area is 176 Å². The molecule has 0 radical (unpaired) electrons. The lowest BCUT2D eigenvalue weighted by atomic mass is 10.1. The highest BCUT2D eigenvalue weighted by atomic mass is 16.6. The average molecular weight is 413 g/mol. The van der Waals surface area contributed by atoms with Crippen molar-refractivity contribution >= 4 is 23.8 Å². The van der Waals surface area contributed by atoms with E-state index >= 15 is 0 Å². The third-order valence-corrected chi connectivity index (χ3v) is 4.23. The SMILES string of the molecule is COc1cc(/C=N\NC(=O)CNc2c(C)cc(C)cc2C)cc(OC)c1OC(C)=O. The fraction of sp³-hybridized carbons (Fsp3) is 0.318. The van der Waals surface area contributed by atoms with Crippen molar-refractivity contribution in [2.24, 2.45) is 5.10 Å². The van der Waals surface area contributed by atoms with Gasteiger partial charge in [-0.25, -0.2) is 5.43 Å². The number of hydrogen-bond acceptors (Lipinski definition) is 7. The Kier molecular flexibility index (Phi) is 7.80. The van der Waals surface area contributed by atoms with Gasteiger partial charge in [0.2, 0.25) is 5.75 Å². The fourth-order valence-electron chi connectivity index (χ4n) is 3.06. The Morgan fingerprint density at radius 1 is 1.00 bits per heavy atom. The maximum Gasteiger partial charge on any atom is 0.308 e. The second kappa shape index (κ2) is 10.3. The summed E-state index contributed by atoms with van der Waals surface area (Å²) in [6.07, 6.45) is 1.45. The van der Waals surface area contributed by atoms with Crippen molar-refractivity contribution in [2.45, 2.75) is 27.7 Å². The summed E-state index contributed by atoms with van der Waals surface area (Å²) < 4.78 is 15.7. The van der Waals surface area contributed by atoms with Gasteiger partial charge in [0.15, 0.2) is 11.5 Å². The van der Waals surface area contributed by atoms with Crippen molar-refractivity contribution in [2.75, 3.05) is 26.1 Å². The van der Waals surface area contributed by atoms with Crippen LogP contribution in [0.3, 0.4) is 0 Å². The minimum absolute atomic E-state index is 0.0834. The summed E-state index contributed by atoms with van der Waals surface area (Å²) in [6, 6.07) is 7.36. The Hall–Kier alpha value is -3.55. The lowest BCUT2D eigenvalue weighted by Gasteiger charge is -2.13. The van der Waals surface area contributed by atoms with Crippen LogP contribution in [0, 0.1) is 20.8 Å². The summed E-state index contributed by atoms with van der Waals surface area (Å²) in [5, 5.41) is 7.12. The van der Waals surface area contributed by atoms with Crippen molar-refractivity contribution in [3.63, 3.8) is 0 Å². The van der Waals surface area contributed by atoms with Crippen LogP contribution in [-0.4, -0.2) is 38.9 Å². The second-order valence-electron chi connectivity index (χ2n) is 6.77. The number of esters is 1. The molecule has 2 aromatic rings. The van der Waals surface area contributed by atoms with Gasteiger partial charge < -0.3 is 19.5 Å². The van der Waals surface area contributed by atoms with E-state index in [9.17, 15) is 9.59 Å². The van der Waals surface area contributed by atoms with Gasteiger partial charge in [0, 0.05) is 18.2 Å². The van der Waals surface area contributed by atoms with Crippen LogP contribution in [0.15, 0.2) is 29.4 Å². The first-order valence-corrected chi connectivity index (χ1v) is 9.33. The lowest BCUT2D eigenvalue weighted by Crippen LogP contribution is -2.26. The molecule has 0 fully saturated rings. The molecular weight excluding hydrogens is 386 g/mol. The van der Waals surface area contributed by atoms with Gasteiger partial charge >= 0.3 is 5.97 Å². The van der Waals surface area contributed by atoms with Crippen molar-refractivity contribution in [3.8, 4) is 17.2 Å².